The Labute approximate surface area is 107 Å². The number of nitrogens with zero attached hydrogens (tertiary/aromatic N) is 1. The summed E-state index contributed by atoms with van der Waals surface area (Å²) >= 11 is 0. The molecule has 2 heterocycles. The van der Waals surface area contributed by atoms with E-state index in [2.05, 4.69) is 37.9 Å². The minimum atomic E-state index is 0.499. The molecule has 0 amide bonds. The van der Waals surface area contributed by atoms with E-state index in [9.17, 15) is 0 Å². The Hall–Kier alpha value is -0.0800. The van der Waals surface area contributed by atoms with E-state index < -0.39 is 0 Å². The van der Waals surface area contributed by atoms with Crippen LogP contribution in [0.25, 0.3) is 0 Å². The van der Waals surface area contributed by atoms with Gasteiger partial charge >= 0.3 is 0 Å². The second-order valence-corrected chi connectivity index (χ2v) is 7.22. The summed E-state index contributed by atoms with van der Waals surface area (Å²) in [5, 5.41) is 3.56. The smallest absolute Gasteiger partial charge is 0.0137 e. The predicted molar refractivity (Wildman–Crippen MR) is 74.2 cm³/mol. The van der Waals surface area contributed by atoms with E-state index in [1.165, 1.54) is 45.4 Å². The molecule has 2 aliphatic rings. The maximum atomic E-state index is 3.56. The summed E-state index contributed by atoms with van der Waals surface area (Å²) in [6.07, 6.45) is 4.05. The second kappa shape index (κ2) is 5.27. The lowest BCUT2D eigenvalue weighted by Gasteiger charge is -2.28. The van der Waals surface area contributed by atoms with Crippen LogP contribution in [0.4, 0.5) is 0 Å². The normalized spacial score (nSPS) is 34.2. The van der Waals surface area contributed by atoms with E-state index in [0.29, 0.717) is 5.41 Å². The Morgan fingerprint density at radius 1 is 1.24 bits per heavy atom. The average Bonchev–Trinajstić information content (AvgIpc) is 2.75. The fourth-order valence-electron chi connectivity index (χ4n) is 3.74. The first kappa shape index (κ1) is 13.4. The van der Waals surface area contributed by atoms with Gasteiger partial charge in [-0.15, -0.1) is 0 Å². The molecule has 2 heteroatoms. The van der Waals surface area contributed by atoms with Crippen LogP contribution in [-0.4, -0.2) is 37.1 Å². The number of fused-ring (bicyclic) bond motifs is 1. The molecule has 17 heavy (non-hydrogen) atoms. The molecular formula is C15H30N2. The SMILES string of the molecule is CCC1C2CNCC2CN1CCCC(C)(C)C. The van der Waals surface area contributed by atoms with Gasteiger partial charge in [-0.05, 0) is 56.1 Å². The Bertz CT molecular complexity index is 244. The molecular weight excluding hydrogens is 208 g/mol. The zero-order valence-electron chi connectivity index (χ0n) is 12.1. The molecule has 0 spiro atoms. The molecule has 0 bridgehead atoms. The van der Waals surface area contributed by atoms with Crippen LogP contribution in [0.2, 0.25) is 0 Å². The van der Waals surface area contributed by atoms with Crippen LogP contribution in [0, 0.1) is 17.3 Å². The number of hydrogen-bond donors (Lipinski definition) is 1. The molecule has 0 aromatic carbocycles. The maximum Gasteiger partial charge on any atom is 0.0137 e. The van der Waals surface area contributed by atoms with Crippen LogP contribution >= 0.6 is 0 Å². The Balaban J connectivity index is 1.81. The van der Waals surface area contributed by atoms with E-state index in [1.54, 1.807) is 0 Å². The van der Waals surface area contributed by atoms with Gasteiger partial charge in [-0.1, -0.05) is 27.7 Å². The topological polar surface area (TPSA) is 15.3 Å². The predicted octanol–water partition coefficient (Wildman–Crippen LogP) is 2.74. The molecule has 2 nitrogen and oxygen atoms in total. The van der Waals surface area contributed by atoms with Crippen LogP contribution in [0.3, 0.4) is 0 Å². The third-order valence-corrected chi connectivity index (χ3v) is 4.61. The second-order valence-electron chi connectivity index (χ2n) is 7.22. The Morgan fingerprint density at radius 3 is 2.65 bits per heavy atom. The molecule has 2 aliphatic heterocycles. The minimum absolute atomic E-state index is 0.499. The van der Waals surface area contributed by atoms with Gasteiger partial charge in [0.25, 0.3) is 0 Å². The average molecular weight is 238 g/mol. The summed E-state index contributed by atoms with van der Waals surface area (Å²) in [4.78, 5) is 2.78. The summed E-state index contributed by atoms with van der Waals surface area (Å²) in [6, 6.07) is 0.856. The van der Waals surface area contributed by atoms with Gasteiger partial charge in [0.15, 0.2) is 0 Å². The molecule has 0 saturated carbocycles. The van der Waals surface area contributed by atoms with Crippen molar-refractivity contribution in [2.24, 2.45) is 17.3 Å². The standard InChI is InChI=1S/C15H30N2/c1-5-14-13-10-16-9-12(13)11-17(14)8-6-7-15(2,3)4/h12-14,16H,5-11H2,1-4H3. The number of nitrogens with one attached hydrogen (secondary N) is 1. The van der Waals surface area contributed by atoms with Crippen molar-refractivity contribution >= 4 is 0 Å². The van der Waals surface area contributed by atoms with E-state index in [1.807, 2.05) is 0 Å². The number of rotatable bonds is 4. The quantitative estimate of drug-likeness (QED) is 0.810. The number of likely N-dealkylation sites (tertiary alicyclic amines) is 1. The van der Waals surface area contributed by atoms with Gasteiger partial charge < -0.3 is 5.32 Å². The van der Waals surface area contributed by atoms with Crippen LogP contribution in [0.15, 0.2) is 0 Å². The lowest BCUT2D eigenvalue weighted by Crippen LogP contribution is -2.36. The molecule has 3 atom stereocenters. The third kappa shape index (κ3) is 3.23. The van der Waals surface area contributed by atoms with Crippen molar-refractivity contribution in [3.05, 3.63) is 0 Å². The molecule has 1 N–H and O–H groups in total. The third-order valence-electron chi connectivity index (χ3n) is 4.61. The van der Waals surface area contributed by atoms with Gasteiger partial charge in [-0.25, -0.2) is 0 Å². The zero-order valence-corrected chi connectivity index (χ0v) is 12.1. The highest BCUT2D eigenvalue weighted by Gasteiger charge is 2.42. The van der Waals surface area contributed by atoms with Crippen molar-refractivity contribution in [1.29, 1.82) is 0 Å². The highest BCUT2D eigenvalue weighted by Crippen LogP contribution is 2.34. The molecule has 100 valence electrons. The highest BCUT2D eigenvalue weighted by molar-refractivity contribution is 4.97. The molecule has 2 rings (SSSR count). The zero-order chi connectivity index (χ0) is 12.5. The van der Waals surface area contributed by atoms with Crippen LogP contribution < -0.4 is 5.32 Å². The van der Waals surface area contributed by atoms with E-state index in [4.69, 9.17) is 0 Å². The van der Waals surface area contributed by atoms with E-state index in [-0.39, 0.29) is 0 Å². The van der Waals surface area contributed by atoms with Crippen LogP contribution in [0.1, 0.15) is 47.0 Å². The lowest BCUT2D eigenvalue weighted by atomic mass is 9.90. The van der Waals surface area contributed by atoms with Gasteiger partial charge in [0.1, 0.15) is 0 Å². The van der Waals surface area contributed by atoms with Gasteiger partial charge in [0.2, 0.25) is 0 Å². The van der Waals surface area contributed by atoms with Gasteiger partial charge in [-0.3, -0.25) is 4.90 Å². The van der Waals surface area contributed by atoms with Crippen molar-refractivity contribution in [2.75, 3.05) is 26.2 Å². The first-order valence-corrected chi connectivity index (χ1v) is 7.46. The molecule has 0 radical (unpaired) electrons. The molecule has 2 fully saturated rings. The lowest BCUT2D eigenvalue weighted by molar-refractivity contribution is 0.203. The maximum absolute atomic E-state index is 3.56. The first-order valence-electron chi connectivity index (χ1n) is 7.46. The van der Waals surface area contributed by atoms with E-state index in [0.717, 1.165) is 17.9 Å². The summed E-state index contributed by atoms with van der Waals surface area (Å²) in [5.41, 5.74) is 0.499. The molecule has 2 saturated heterocycles. The van der Waals surface area contributed by atoms with Gasteiger partial charge in [0, 0.05) is 12.6 Å². The summed E-state index contributed by atoms with van der Waals surface area (Å²) in [7, 11) is 0. The largest absolute Gasteiger partial charge is 0.316 e. The summed E-state index contributed by atoms with van der Waals surface area (Å²) < 4.78 is 0. The summed E-state index contributed by atoms with van der Waals surface area (Å²) in [5.74, 6) is 1.88. The fraction of sp³-hybridized carbons (Fsp3) is 1.00. The van der Waals surface area contributed by atoms with Crippen molar-refractivity contribution < 1.29 is 0 Å². The van der Waals surface area contributed by atoms with Gasteiger partial charge in [0.05, 0.1) is 0 Å². The molecule has 3 unspecified atom stereocenters. The van der Waals surface area contributed by atoms with E-state index >= 15 is 0 Å². The van der Waals surface area contributed by atoms with Crippen molar-refractivity contribution in [3.63, 3.8) is 0 Å². The molecule has 0 aromatic heterocycles. The number of hydrogen-bond acceptors (Lipinski definition) is 2. The van der Waals surface area contributed by atoms with Gasteiger partial charge in [-0.2, -0.15) is 0 Å². The summed E-state index contributed by atoms with van der Waals surface area (Å²) in [6.45, 7) is 14.6. The van der Waals surface area contributed by atoms with Crippen molar-refractivity contribution in [1.82, 2.24) is 10.2 Å². The Kier molecular flexibility index (Phi) is 4.14. The first-order chi connectivity index (χ1) is 8.01. The van der Waals surface area contributed by atoms with Crippen LogP contribution in [0.5, 0.6) is 0 Å². The fourth-order valence-corrected chi connectivity index (χ4v) is 3.74. The minimum Gasteiger partial charge on any atom is -0.316 e. The molecule has 0 aliphatic carbocycles. The molecule has 0 aromatic rings. The van der Waals surface area contributed by atoms with Crippen molar-refractivity contribution in [2.45, 2.75) is 53.0 Å². The Morgan fingerprint density at radius 2 is 2.00 bits per heavy atom. The highest BCUT2D eigenvalue weighted by atomic mass is 15.2. The van der Waals surface area contributed by atoms with Crippen molar-refractivity contribution in [3.8, 4) is 0 Å². The monoisotopic (exact) mass is 238 g/mol. The van der Waals surface area contributed by atoms with Crippen LogP contribution in [-0.2, 0) is 0 Å².